The first-order valence-electron chi connectivity index (χ1n) is 6.43. The number of aryl methyl sites for hydroxylation is 1. The normalized spacial score (nSPS) is 10.5. The highest BCUT2D eigenvalue weighted by atomic mass is 79.9. The van der Waals surface area contributed by atoms with Gasteiger partial charge in [0.1, 0.15) is 11.5 Å². The van der Waals surface area contributed by atoms with E-state index in [1.165, 1.54) is 5.56 Å². The zero-order valence-electron chi connectivity index (χ0n) is 11.2. The molecule has 0 radical (unpaired) electrons. The van der Waals surface area contributed by atoms with Crippen molar-refractivity contribution in [2.24, 2.45) is 0 Å². The molecule has 2 rings (SSSR count). The van der Waals surface area contributed by atoms with Gasteiger partial charge in [-0.2, -0.15) is 0 Å². The minimum atomic E-state index is 0.838. The van der Waals surface area contributed by atoms with Gasteiger partial charge in [-0.15, -0.1) is 0 Å². The van der Waals surface area contributed by atoms with Crippen LogP contribution in [0.3, 0.4) is 0 Å². The molecule has 0 aliphatic heterocycles. The molecular formula is C16H18BrNO. The summed E-state index contributed by atoms with van der Waals surface area (Å²) in [6, 6.07) is 14.2. The van der Waals surface area contributed by atoms with Crippen molar-refractivity contribution < 1.29 is 4.74 Å². The molecular weight excluding hydrogens is 302 g/mol. The Kier molecular flexibility index (Phi) is 5.00. The number of para-hydroxylation sites is 1. The summed E-state index contributed by atoms with van der Waals surface area (Å²) < 4.78 is 6.90. The van der Waals surface area contributed by atoms with Crippen LogP contribution < -0.4 is 10.1 Å². The van der Waals surface area contributed by atoms with Crippen LogP contribution in [0.4, 0.5) is 0 Å². The molecule has 0 aliphatic rings. The predicted octanol–water partition coefficient (Wildman–Crippen LogP) is 4.66. The van der Waals surface area contributed by atoms with Crippen molar-refractivity contribution in [3.63, 3.8) is 0 Å². The maximum Gasteiger partial charge on any atom is 0.141 e. The Morgan fingerprint density at radius 3 is 2.58 bits per heavy atom. The van der Waals surface area contributed by atoms with Crippen LogP contribution in [-0.2, 0) is 6.54 Å². The summed E-state index contributed by atoms with van der Waals surface area (Å²) in [6.45, 7) is 6.06. The van der Waals surface area contributed by atoms with Crippen molar-refractivity contribution in [1.29, 1.82) is 0 Å². The Labute approximate surface area is 122 Å². The van der Waals surface area contributed by atoms with Gasteiger partial charge in [0.25, 0.3) is 0 Å². The van der Waals surface area contributed by atoms with Crippen LogP contribution in [-0.4, -0.2) is 6.54 Å². The summed E-state index contributed by atoms with van der Waals surface area (Å²) >= 11 is 3.49. The van der Waals surface area contributed by atoms with E-state index in [2.05, 4.69) is 47.2 Å². The van der Waals surface area contributed by atoms with Crippen molar-refractivity contribution in [3.8, 4) is 11.5 Å². The molecule has 0 aromatic heterocycles. The molecule has 3 heteroatoms. The Morgan fingerprint density at radius 1 is 1.11 bits per heavy atom. The lowest BCUT2D eigenvalue weighted by Gasteiger charge is -2.11. The third kappa shape index (κ3) is 3.82. The summed E-state index contributed by atoms with van der Waals surface area (Å²) in [5, 5.41) is 3.32. The zero-order chi connectivity index (χ0) is 13.7. The van der Waals surface area contributed by atoms with Crippen LogP contribution >= 0.6 is 15.9 Å². The van der Waals surface area contributed by atoms with Gasteiger partial charge in [-0.25, -0.2) is 0 Å². The largest absolute Gasteiger partial charge is 0.456 e. The zero-order valence-corrected chi connectivity index (χ0v) is 12.8. The quantitative estimate of drug-likeness (QED) is 0.865. The van der Waals surface area contributed by atoms with E-state index in [0.29, 0.717) is 0 Å². The van der Waals surface area contributed by atoms with Gasteiger partial charge < -0.3 is 10.1 Å². The molecule has 0 saturated heterocycles. The molecule has 0 unspecified atom stereocenters. The first-order valence-corrected chi connectivity index (χ1v) is 7.22. The maximum atomic E-state index is 5.93. The molecule has 0 saturated carbocycles. The molecule has 2 nitrogen and oxygen atoms in total. The summed E-state index contributed by atoms with van der Waals surface area (Å²) in [7, 11) is 0. The van der Waals surface area contributed by atoms with Crippen molar-refractivity contribution in [2.75, 3.05) is 6.54 Å². The first kappa shape index (κ1) is 14.1. The number of benzene rings is 2. The second-order valence-electron chi connectivity index (χ2n) is 4.41. The van der Waals surface area contributed by atoms with Gasteiger partial charge in [0.2, 0.25) is 0 Å². The Morgan fingerprint density at radius 2 is 1.89 bits per heavy atom. The standard InChI is InChI=1S/C16H18BrNO/c1-3-18-11-13-8-9-15(12(2)10-13)19-16-7-5-4-6-14(16)17/h4-10,18H,3,11H2,1-2H3. The number of nitrogens with one attached hydrogen (secondary N) is 1. The maximum absolute atomic E-state index is 5.93. The van der Waals surface area contributed by atoms with Crippen molar-refractivity contribution in [1.82, 2.24) is 5.32 Å². The minimum Gasteiger partial charge on any atom is -0.456 e. The average molecular weight is 320 g/mol. The molecule has 100 valence electrons. The van der Waals surface area contributed by atoms with E-state index in [-0.39, 0.29) is 0 Å². The molecule has 0 fully saturated rings. The van der Waals surface area contributed by atoms with E-state index < -0.39 is 0 Å². The Balaban J connectivity index is 2.15. The number of hydrogen-bond acceptors (Lipinski definition) is 2. The van der Waals surface area contributed by atoms with Crippen LogP contribution in [0.2, 0.25) is 0 Å². The number of ether oxygens (including phenoxy) is 1. The number of halogens is 1. The van der Waals surface area contributed by atoms with Gasteiger partial charge in [-0.1, -0.05) is 31.2 Å². The molecule has 0 amide bonds. The molecule has 2 aromatic rings. The molecule has 0 atom stereocenters. The van der Waals surface area contributed by atoms with Crippen molar-refractivity contribution in [2.45, 2.75) is 20.4 Å². The monoisotopic (exact) mass is 319 g/mol. The van der Waals surface area contributed by atoms with E-state index in [1.807, 2.05) is 30.3 Å². The molecule has 0 bridgehead atoms. The molecule has 0 aliphatic carbocycles. The van der Waals surface area contributed by atoms with Crippen LogP contribution in [0, 0.1) is 6.92 Å². The Bertz CT molecular complexity index is 554. The predicted molar refractivity (Wildman–Crippen MR) is 82.8 cm³/mol. The smallest absolute Gasteiger partial charge is 0.141 e. The molecule has 1 N–H and O–H groups in total. The fraction of sp³-hybridized carbons (Fsp3) is 0.250. The third-order valence-electron chi connectivity index (χ3n) is 2.88. The van der Waals surface area contributed by atoms with Crippen molar-refractivity contribution in [3.05, 3.63) is 58.1 Å². The van der Waals surface area contributed by atoms with Gasteiger partial charge in [0, 0.05) is 6.54 Å². The van der Waals surface area contributed by atoms with E-state index >= 15 is 0 Å². The topological polar surface area (TPSA) is 21.3 Å². The highest BCUT2D eigenvalue weighted by Crippen LogP contribution is 2.31. The highest BCUT2D eigenvalue weighted by molar-refractivity contribution is 9.10. The van der Waals surface area contributed by atoms with Gasteiger partial charge in [0.05, 0.1) is 4.47 Å². The first-order chi connectivity index (χ1) is 9.20. The summed E-state index contributed by atoms with van der Waals surface area (Å²) in [5.41, 5.74) is 2.42. The number of hydrogen-bond donors (Lipinski definition) is 1. The second kappa shape index (κ2) is 6.73. The lowest BCUT2D eigenvalue weighted by molar-refractivity contribution is 0.475. The minimum absolute atomic E-state index is 0.838. The average Bonchev–Trinajstić information content (AvgIpc) is 2.41. The number of rotatable bonds is 5. The molecule has 0 heterocycles. The Hall–Kier alpha value is -1.32. The van der Waals surface area contributed by atoms with Crippen LogP contribution in [0.15, 0.2) is 46.9 Å². The molecule has 19 heavy (non-hydrogen) atoms. The third-order valence-corrected chi connectivity index (χ3v) is 3.53. The van der Waals surface area contributed by atoms with Crippen LogP contribution in [0.1, 0.15) is 18.1 Å². The molecule has 0 spiro atoms. The van der Waals surface area contributed by atoms with E-state index in [1.54, 1.807) is 0 Å². The van der Waals surface area contributed by atoms with Crippen LogP contribution in [0.5, 0.6) is 11.5 Å². The second-order valence-corrected chi connectivity index (χ2v) is 5.27. The lowest BCUT2D eigenvalue weighted by atomic mass is 10.1. The summed E-state index contributed by atoms with van der Waals surface area (Å²) in [6.07, 6.45) is 0. The van der Waals surface area contributed by atoms with E-state index in [9.17, 15) is 0 Å². The lowest BCUT2D eigenvalue weighted by Crippen LogP contribution is -2.11. The summed E-state index contributed by atoms with van der Waals surface area (Å²) in [4.78, 5) is 0. The molecule has 2 aromatic carbocycles. The fourth-order valence-electron chi connectivity index (χ4n) is 1.85. The summed E-state index contributed by atoms with van der Waals surface area (Å²) in [5.74, 6) is 1.73. The van der Waals surface area contributed by atoms with E-state index in [4.69, 9.17) is 4.74 Å². The highest BCUT2D eigenvalue weighted by Gasteiger charge is 2.05. The van der Waals surface area contributed by atoms with Gasteiger partial charge in [-0.05, 0) is 58.7 Å². The van der Waals surface area contributed by atoms with Gasteiger partial charge >= 0.3 is 0 Å². The SMILES string of the molecule is CCNCc1ccc(Oc2ccccc2Br)c(C)c1. The van der Waals surface area contributed by atoms with Crippen LogP contribution in [0.25, 0.3) is 0 Å². The van der Waals surface area contributed by atoms with Crippen molar-refractivity contribution >= 4 is 15.9 Å². The fourth-order valence-corrected chi connectivity index (χ4v) is 2.22. The van der Waals surface area contributed by atoms with Gasteiger partial charge in [0.15, 0.2) is 0 Å². The van der Waals surface area contributed by atoms with Gasteiger partial charge in [-0.3, -0.25) is 0 Å². The van der Waals surface area contributed by atoms with E-state index in [0.717, 1.165) is 34.6 Å².